The first-order valence-corrected chi connectivity index (χ1v) is 9.12. The van der Waals surface area contributed by atoms with Gasteiger partial charge in [-0.2, -0.15) is 0 Å². The molecule has 0 spiro atoms. The van der Waals surface area contributed by atoms with Gasteiger partial charge in [0, 0.05) is 19.1 Å². The Labute approximate surface area is 148 Å². The first kappa shape index (κ1) is 16.6. The summed E-state index contributed by atoms with van der Waals surface area (Å²) in [6, 6.07) is 14.7. The summed E-state index contributed by atoms with van der Waals surface area (Å²) in [5.74, 6) is 0.344. The molecule has 3 nitrogen and oxygen atoms in total. The van der Waals surface area contributed by atoms with Crippen LogP contribution in [0.5, 0.6) is 5.75 Å². The lowest BCUT2D eigenvalue weighted by molar-refractivity contribution is -0.0571. The Morgan fingerprint density at radius 2 is 1.76 bits per heavy atom. The quantitative estimate of drug-likeness (QED) is 0.927. The molecular weight excluding hydrogens is 317 g/mol. The van der Waals surface area contributed by atoms with Gasteiger partial charge in [-0.25, -0.2) is 4.39 Å². The zero-order chi connectivity index (χ0) is 17.2. The number of benzene rings is 2. The summed E-state index contributed by atoms with van der Waals surface area (Å²) in [6.45, 7) is 1.86. The van der Waals surface area contributed by atoms with E-state index in [-0.39, 0.29) is 18.0 Å². The molecule has 2 aliphatic rings. The number of halogens is 1. The second-order valence-electron chi connectivity index (χ2n) is 7.09. The van der Waals surface area contributed by atoms with E-state index in [1.54, 1.807) is 12.1 Å². The molecule has 0 bridgehead atoms. The molecule has 2 aromatic rings. The van der Waals surface area contributed by atoms with Gasteiger partial charge in [-0.1, -0.05) is 24.3 Å². The summed E-state index contributed by atoms with van der Waals surface area (Å²) in [6.07, 6.45) is 3.13. The van der Waals surface area contributed by atoms with Gasteiger partial charge >= 0.3 is 0 Å². The Bertz CT molecular complexity index is 718. The molecule has 0 aromatic heterocycles. The summed E-state index contributed by atoms with van der Waals surface area (Å²) in [5.41, 5.74) is 2.78. The van der Waals surface area contributed by atoms with Gasteiger partial charge in [0.1, 0.15) is 23.8 Å². The maximum absolute atomic E-state index is 13.1. The molecule has 1 heterocycles. The van der Waals surface area contributed by atoms with Crippen molar-refractivity contribution < 1.29 is 14.2 Å². The molecule has 2 aromatic carbocycles. The van der Waals surface area contributed by atoms with Crippen molar-refractivity contribution in [2.24, 2.45) is 0 Å². The summed E-state index contributed by atoms with van der Waals surface area (Å²) in [4.78, 5) is 2.40. The maximum Gasteiger partial charge on any atom is 0.126 e. The Kier molecular flexibility index (Phi) is 4.73. The molecule has 0 unspecified atom stereocenters. The highest BCUT2D eigenvalue weighted by atomic mass is 19.1. The summed E-state index contributed by atoms with van der Waals surface area (Å²) >= 11 is 0. The Morgan fingerprint density at radius 1 is 1.00 bits per heavy atom. The van der Waals surface area contributed by atoms with Crippen LogP contribution in [0.3, 0.4) is 0 Å². The van der Waals surface area contributed by atoms with Gasteiger partial charge in [-0.15, -0.1) is 0 Å². The number of ether oxygens (including phenoxy) is 1. The largest absolute Gasteiger partial charge is 0.488 e. The van der Waals surface area contributed by atoms with Crippen LogP contribution >= 0.6 is 0 Å². The Balaban J connectivity index is 1.45. The number of hydrogen-bond donors (Lipinski definition) is 1. The van der Waals surface area contributed by atoms with Gasteiger partial charge < -0.3 is 9.84 Å². The normalized spacial score (nSPS) is 26.9. The van der Waals surface area contributed by atoms with E-state index in [9.17, 15) is 9.50 Å². The predicted octanol–water partition coefficient (Wildman–Crippen LogP) is 3.54. The van der Waals surface area contributed by atoms with Crippen LogP contribution in [0.1, 0.15) is 30.4 Å². The molecular formula is C21H24FNO2. The molecule has 1 aliphatic heterocycles. The van der Waals surface area contributed by atoms with Crippen LogP contribution < -0.4 is 4.74 Å². The second kappa shape index (κ2) is 7.14. The van der Waals surface area contributed by atoms with E-state index in [4.69, 9.17) is 4.74 Å². The minimum atomic E-state index is -0.524. The summed E-state index contributed by atoms with van der Waals surface area (Å²) < 4.78 is 19.0. The van der Waals surface area contributed by atoms with E-state index in [0.29, 0.717) is 5.75 Å². The van der Waals surface area contributed by atoms with E-state index in [1.807, 2.05) is 0 Å². The zero-order valence-corrected chi connectivity index (χ0v) is 14.3. The van der Waals surface area contributed by atoms with Crippen LogP contribution in [0.4, 0.5) is 4.39 Å². The van der Waals surface area contributed by atoms with Crippen LogP contribution in [-0.4, -0.2) is 34.8 Å². The smallest absolute Gasteiger partial charge is 0.126 e. The van der Waals surface area contributed by atoms with Gasteiger partial charge in [-0.3, -0.25) is 4.90 Å². The molecule has 1 saturated carbocycles. The van der Waals surface area contributed by atoms with Crippen molar-refractivity contribution >= 4 is 0 Å². The monoisotopic (exact) mass is 341 g/mol. The molecule has 0 saturated heterocycles. The van der Waals surface area contributed by atoms with Crippen molar-refractivity contribution in [1.29, 1.82) is 0 Å². The molecule has 1 aliphatic carbocycles. The van der Waals surface area contributed by atoms with E-state index in [1.165, 1.54) is 23.3 Å². The molecule has 0 radical (unpaired) electrons. The van der Waals surface area contributed by atoms with Crippen LogP contribution in [0.15, 0.2) is 48.5 Å². The van der Waals surface area contributed by atoms with Crippen LogP contribution in [0.2, 0.25) is 0 Å². The summed E-state index contributed by atoms with van der Waals surface area (Å²) in [7, 11) is 0. The van der Waals surface area contributed by atoms with E-state index >= 15 is 0 Å². The van der Waals surface area contributed by atoms with Crippen molar-refractivity contribution in [2.75, 3.05) is 6.54 Å². The average Bonchev–Trinajstić information content (AvgIpc) is 2.65. The fourth-order valence-corrected chi connectivity index (χ4v) is 4.13. The third kappa shape index (κ3) is 3.55. The van der Waals surface area contributed by atoms with E-state index in [0.717, 1.165) is 38.8 Å². The number of fused-ring (bicyclic) bond motifs is 1. The lowest BCUT2D eigenvalue weighted by atomic mass is 9.87. The molecule has 132 valence electrons. The Hall–Kier alpha value is -1.91. The standard InChI is InChI=1S/C21H24FNO2/c22-17-8-10-18(11-9-17)25-20-7-3-6-19(21(20)24)23-13-12-15-4-1-2-5-16(15)14-23/h1-2,4-5,8-11,19-21,24H,3,6-7,12-14H2/t19-,20+,21+/m0/s1. The lowest BCUT2D eigenvalue weighted by Crippen LogP contribution is -2.53. The third-order valence-electron chi connectivity index (χ3n) is 5.49. The third-order valence-corrected chi connectivity index (χ3v) is 5.49. The van der Waals surface area contributed by atoms with Crippen molar-refractivity contribution in [3.05, 3.63) is 65.5 Å². The molecule has 4 heteroatoms. The zero-order valence-electron chi connectivity index (χ0n) is 14.3. The van der Waals surface area contributed by atoms with Crippen molar-refractivity contribution in [3.8, 4) is 5.75 Å². The lowest BCUT2D eigenvalue weighted by Gasteiger charge is -2.43. The average molecular weight is 341 g/mol. The fourth-order valence-electron chi connectivity index (χ4n) is 4.13. The molecule has 0 amide bonds. The number of aliphatic hydroxyl groups is 1. The molecule has 3 atom stereocenters. The SMILES string of the molecule is O[C@H]1[C@H](Oc2ccc(F)cc2)CCC[C@@H]1N1CCc2ccccc2C1. The number of nitrogens with zero attached hydrogens (tertiary/aromatic N) is 1. The van der Waals surface area contributed by atoms with Gasteiger partial charge in [0.15, 0.2) is 0 Å². The molecule has 4 rings (SSSR count). The second-order valence-corrected chi connectivity index (χ2v) is 7.09. The Morgan fingerprint density at radius 3 is 2.56 bits per heavy atom. The van der Waals surface area contributed by atoms with Gasteiger partial charge in [0.2, 0.25) is 0 Å². The minimum absolute atomic E-state index is 0.118. The molecule has 1 fully saturated rings. The van der Waals surface area contributed by atoms with Gasteiger partial charge in [0.05, 0.1) is 0 Å². The highest BCUT2D eigenvalue weighted by Gasteiger charge is 2.37. The molecule has 25 heavy (non-hydrogen) atoms. The number of aliphatic hydroxyl groups excluding tert-OH is 1. The first-order valence-electron chi connectivity index (χ1n) is 9.12. The number of hydrogen-bond acceptors (Lipinski definition) is 3. The molecule has 1 N–H and O–H groups in total. The minimum Gasteiger partial charge on any atom is -0.488 e. The fraction of sp³-hybridized carbons (Fsp3) is 0.429. The topological polar surface area (TPSA) is 32.7 Å². The number of rotatable bonds is 3. The van der Waals surface area contributed by atoms with E-state index in [2.05, 4.69) is 29.2 Å². The van der Waals surface area contributed by atoms with Crippen molar-refractivity contribution in [1.82, 2.24) is 4.90 Å². The first-order chi connectivity index (χ1) is 12.2. The van der Waals surface area contributed by atoms with Crippen LogP contribution in [0, 0.1) is 5.82 Å². The summed E-state index contributed by atoms with van der Waals surface area (Å²) in [5, 5.41) is 10.9. The van der Waals surface area contributed by atoms with Crippen LogP contribution in [0.25, 0.3) is 0 Å². The highest BCUT2D eigenvalue weighted by Crippen LogP contribution is 2.30. The van der Waals surface area contributed by atoms with Crippen molar-refractivity contribution in [2.45, 2.75) is 50.5 Å². The highest BCUT2D eigenvalue weighted by molar-refractivity contribution is 5.29. The van der Waals surface area contributed by atoms with Crippen molar-refractivity contribution in [3.63, 3.8) is 0 Å². The maximum atomic E-state index is 13.1. The van der Waals surface area contributed by atoms with Gasteiger partial charge in [0.25, 0.3) is 0 Å². The van der Waals surface area contributed by atoms with E-state index < -0.39 is 6.10 Å². The predicted molar refractivity (Wildman–Crippen MR) is 95.0 cm³/mol. The van der Waals surface area contributed by atoms with Gasteiger partial charge in [-0.05, 0) is 61.1 Å². The van der Waals surface area contributed by atoms with Crippen LogP contribution in [-0.2, 0) is 13.0 Å².